The number of carbonyl (C=O) groups is 2. The Balaban J connectivity index is 2.08. The topological polar surface area (TPSA) is 94.1 Å². The number of nitrogens with two attached hydrogens (primary N) is 1. The van der Waals surface area contributed by atoms with E-state index < -0.39 is 0 Å². The number of rotatable bonds is 3. The van der Waals surface area contributed by atoms with Gasteiger partial charge in [0.1, 0.15) is 0 Å². The number of nitrogens with zero attached hydrogens (tertiary/aromatic N) is 4. The maximum Gasteiger partial charge on any atom is 0.254 e. The molecule has 1 saturated heterocycles. The third-order valence-corrected chi connectivity index (χ3v) is 4.69. The lowest BCUT2D eigenvalue weighted by Gasteiger charge is -2.18. The molecule has 2 aromatic heterocycles. The maximum atomic E-state index is 13.1. The number of pyridine rings is 1. The molecule has 3 rings (SSSR count). The van der Waals surface area contributed by atoms with Gasteiger partial charge in [0.15, 0.2) is 5.65 Å². The second-order valence-electron chi connectivity index (χ2n) is 6.80. The van der Waals surface area contributed by atoms with Gasteiger partial charge in [0, 0.05) is 25.8 Å². The van der Waals surface area contributed by atoms with Crippen molar-refractivity contribution < 1.29 is 9.59 Å². The molecule has 7 nitrogen and oxygen atoms in total. The minimum absolute atomic E-state index is 0.0795. The SMILES string of the molecule is Cc1nn(C)c2nc(C(C)C)cc(C(=O)N3CCC(C(N)=O)C3)c12. The van der Waals surface area contributed by atoms with Crippen molar-refractivity contribution in [1.82, 2.24) is 19.7 Å². The van der Waals surface area contributed by atoms with Gasteiger partial charge < -0.3 is 10.6 Å². The molecule has 2 N–H and O–H groups in total. The molecule has 0 saturated carbocycles. The molecular formula is C17H23N5O2. The summed E-state index contributed by atoms with van der Waals surface area (Å²) in [4.78, 5) is 30.8. The summed E-state index contributed by atoms with van der Waals surface area (Å²) in [5, 5.41) is 5.20. The van der Waals surface area contributed by atoms with Crippen LogP contribution < -0.4 is 5.73 Å². The molecule has 2 aromatic rings. The Kier molecular flexibility index (Phi) is 4.03. The van der Waals surface area contributed by atoms with Crippen LogP contribution in [0.1, 0.15) is 47.9 Å². The number of carbonyl (C=O) groups excluding carboxylic acids is 2. The van der Waals surface area contributed by atoms with Crippen LogP contribution in [0.25, 0.3) is 11.0 Å². The molecular weight excluding hydrogens is 306 g/mol. The fraction of sp³-hybridized carbons (Fsp3) is 0.529. The van der Waals surface area contributed by atoms with Gasteiger partial charge in [-0.1, -0.05) is 13.8 Å². The van der Waals surface area contributed by atoms with Gasteiger partial charge >= 0.3 is 0 Å². The van der Waals surface area contributed by atoms with Crippen molar-refractivity contribution in [2.75, 3.05) is 13.1 Å². The van der Waals surface area contributed by atoms with Gasteiger partial charge in [-0.2, -0.15) is 5.10 Å². The highest BCUT2D eigenvalue weighted by molar-refractivity contribution is 6.06. The van der Waals surface area contributed by atoms with Crippen molar-refractivity contribution >= 4 is 22.8 Å². The van der Waals surface area contributed by atoms with Gasteiger partial charge in [-0.3, -0.25) is 14.3 Å². The highest BCUT2D eigenvalue weighted by atomic mass is 16.2. The standard InChI is InChI=1S/C17H23N5O2/c1-9(2)13-7-12(14-10(3)20-21(4)16(14)19-13)17(24)22-6-5-11(8-22)15(18)23/h7,9,11H,5-6,8H2,1-4H3,(H2,18,23). The molecule has 2 amide bonds. The predicted molar refractivity (Wildman–Crippen MR) is 90.5 cm³/mol. The fourth-order valence-electron chi connectivity index (χ4n) is 3.28. The molecule has 1 atom stereocenters. The van der Waals surface area contributed by atoms with Crippen LogP contribution in [0.5, 0.6) is 0 Å². The summed E-state index contributed by atoms with van der Waals surface area (Å²) in [6.07, 6.45) is 0.623. The number of aryl methyl sites for hydroxylation is 2. The monoisotopic (exact) mass is 329 g/mol. The van der Waals surface area contributed by atoms with Crippen LogP contribution in [0.3, 0.4) is 0 Å². The van der Waals surface area contributed by atoms with Crippen LogP contribution in [-0.4, -0.2) is 44.6 Å². The third kappa shape index (κ3) is 2.64. The summed E-state index contributed by atoms with van der Waals surface area (Å²) in [6.45, 7) is 6.90. The zero-order valence-corrected chi connectivity index (χ0v) is 14.5. The van der Waals surface area contributed by atoms with Crippen molar-refractivity contribution in [3.05, 3.63) is 23.0 Å². The molecule has 0 radical (unpaired) electrons. The molecule has 1 aliphatic heterocycles. The van der Waals surface area contributed by atoms with Gasteiger partial charge in [-0.25, -0.2) is 4.98 Å². The average Bonchev–Trinajstić information content (AvgIpc) is 3.12. The molecule has 0 aliphatic carbocycles. The lowest BCUT2D eigenvalue weighted by Crippen LogP contribution is -2.32. The largest absolute Gasteiger partial charge is 0.369 e. The summed E-state index contributed by atoms with van der Waals surface area (Å²) in [5.41, 5.74) is 8.35. The Morgan fingerprint density at radius 2 is 2.08 bits per heavy atom. The number of aromatic nitrogens is 3. The smallest absolute Gasteiger partial charge is 0.254 e. The quantitative estimate of drug-likeness (QED) is 0.919. The zero-order chi connectivity index (χ0) is 17.6. The van der Waals surface area contributed by atoms with Crippen LogP contribution >= 0.6 is 0 Å². The Morgan fingerprint density at radius 1 is 1.38 bits per heavy atom. The minimum atomic E-state index is -0.342. The van der Waals surface area contributed by atoms with Gasteiger partial charge in [-0.05, 0) is 25.3 Å². The molecule has 1 aliphatic rings. The lowest BCUT2D eigenvalue weighted by molar-refractivity contribution is -0.121. The fourth-order valence-corrected chi connectivity index (χ4v) is 3.28. The second kappa shape index (κ2) is 5.89. The summed E-state index contributed by atoms with van der Waals surface area (Å²) in [6, 6.07) is 1.86. The van der Waals surface area contributed by atoms with Crippen LogP contribution in [0.4, 0.5) is 0 Å². The average molecular weight is 329 g/mol. The van der Waals surface area contributed by atoms with E-state index in [0.717, 1.165) is 16.8 Å². The molecule has 24 heavy (non-hydrogen) atoms. The number of hydrogen-bond donors (Lipinski definition) is 1. The molecule has 1 fully saturated rings. The predicted octanol–water partition coefficient (Wildman–Crippen LogP) is 1.35. The molecule has 7 heteroatoms. The first-order valence-electron chi connectivity index (χ1n) is 8.22. The van der Waals surface area contributed by atoms with Gasteiger partial charge in [0.2, 0.25) is 5.91 Å². The summed E-state index contributed by atoms with van der Waals surface area (Å²) >= 11 is 0. The van der Waals surface area contributed by atoms with E-state index in [1.165, 1.54) is 0 Å². The Labute approximate surface area is 140 Å². The van der Waals surface area contributed by atoms with Crippen molar-refractivity contribution in [3.63, 3.8) is 0 Å². The van der Waals surface area contributed by atoms with Crippen LogP contribution in [-0.2, 0) is 11.8 Å². The van der Waals surface area contributed by atoms with Gasteiger partial charge in [0.25, 0.3) is 5.91 Å². The Morgan fingerprint density at radius 3 is 2.67 bits per heavy atom. The van der Waals surface area contributed by atoms with E-state index in [9.17, 15) is 9.59 Å². The van der Waals surface area contributed by atoms with E-state index in [1.54, 1.807) is 9.58 Å². The first-order chi connectivity index (χ1) is 11.3. The molecule has 0 aromatic carbocycles. The lowest BCUT2D eigenvalue weighted by atomic mass is 10.0. The van der Waals surface area contributed by atoms with Crippen molar-refractivity contribution in [2.45, 2.75) is 33.1 Å². The Hall–Kier alpha value is -2.44. The maximum absolute atomic E-state index is 13.1. The highest BCUT2D eigenvalue weighted by Crippen LogP contribution is 2.27. The molecule has 128 valence electrons. The van der Waals surface area contributed by atoms with Crippen LogP contribution in [0.15, 0.2) is 6.07 Å². The summed E-state index contributed by atoms with van der Waals surface area (Å²) in [5.74, 6) is -0.478. The van der Waals surface area contributed by atoms with E-state index >= 15 is 0 Å². The third-order valence-electron chi connectivity index (χ3n) is 4.69. The van der Waals surface area contributed by atoms with E-state index in [-0.39, 0.29) is 23.7 Å². The van der Waals surface area contributed by atoms with Crippen molar-refractivity contribution in [1.29, 1.82) is 0 Å². The first-order valence-corrected chi connectivity index (χ1v) is 8.22. The van der Waals surface area contributed by atoms with Crippen LogP contribution in [0, 0.1) is 12.8 Å². The molecule has 0 spiro atoms. The second-order valence-corrected chi connectivity index (χ2v) is 6.80. The normalized spacial score (nSPS) is 17.9. The first kappa shape index (κ1) is 16.4. The number of amides is 2. The van der Waals surface area contributed by atoms with Crippen LogP contribution in [0.2, 0.25) is 0 Å². The van der Waals surface area contributed by atoms with Gasteiger partial charge in [-0.15, -0.1) is 0 Å². The number of hydrogen-bond acceptors (Lipinski definition) is 4. The molecule has 3 heterocycles. The summed E-state index contributed by atoms with van der Waals surface area (Å²) in [7, 11) is 1.83. The van der Waals surface area contributed by atoms with Crippen molar-refractivity contribution in [2.24, 2.45) is 18.7 Å². The minimum Gasteiger partial charge on any atom is -0.369 e. The number of fused-ring (bicyclic) bond motifs is 1. The van der Waals surface area contributed by atoms with E-state index in [2.05, 4.69) is 10.1 Å². The highest BCUT2D eigenvalue weighted by Gasteiger charge is 2.32. The number of likely N-dealkylation sites (tertiary alicyclic amines) is 1. The van der Waals surface area contributed by atoms with E-state index in [4.69, 9.17) is 5.73 Å². The van der Waals surface area contributed by atoms with E-state index in [1.807, 2.05) is 33.9 Å². The molecule has 1 unspecified atom stereocenters. The summed E-state index contributed by atoms with van der Waals surface area (Å²) < 4.78 is 1.71. The molecule has 0 bridgehead atoms. The zero-order valence-electron chi connectivity index (χ0n) is 14.5. The number of primary amides is 1. The van der Waals surface area contributed by atoms with E-state index in [0.29, 0.717) is 30.7 Å². The van der Waals surface area contributed by atoms with Gasteiger partial charge in [0.05, 0.1) is 22.6 Å². The Bertz CT molecular complexity index is 824. The van der Waals surface area contributed by atoms with Crippen molar-refractivity contribution in [3.8, 4) is 0 Å².